The summed E-state index contributed by atoms with van der Waals surface area (Å²) in [5.74, 6) is 1.62. The summed E-state index contributed by atoms with van der Waals surface area (Å²) < 4.78 is 5.30. The summed E-state index contributed by atoms with van der Waals surface area (Å²) in [7, 11) is 0. The second-order valence-corrected chi connectivity index (χ2v) is 9.65. The van der Waals surface area contributed by atoms with Crippen molar-refractivity contribution < 1.29 is 19.4 Å². The van der Waals surface area contributed by atoms with Gasteiger partial charge in [0.15, 0.2) is 0 Å². The highest BCUT2D eigenvalue weighted by Gasteiger charge is 2.29. The number of aromatic nitrogens is 2. The first-order chi connectivity index (χ1) is 16.6. The summed E-state index contributed by atoms with van der Waals surface area (Å²) in [5, 5.41) is 9.64. The Bertz CT molecular complexity index is 1390. The molecule has 1 aromatic heterocycles. The maximum atomic E-state index is 12.9. The summed E-state index contributed by atoms with van der Waals surface area (Å²) in [6.45, 7) is 5.51. The number of carbonyl (C=O) groups is 2. The minimum atomic E-state index is -0.989. The molecule has 0 saturated heterocycles. The number of terminal acetylenes is 1. The Balaban J connectivity index is 1.66. The number of aromatic carboxylic acids is 1. The van der Waals surface area contributed by atoms with Crippen LogP contribution in [-0.2, 0) is 22.6 Å². The molecule has 1 aliphatic rings. The predicted octanol–water partition coefficient (Wildman–Crippen LogP) is 3.84. The fourth-order valence-electron chi connectivity index (χ4n) is 4.29. The lowest BCUT2D eigenvalue weighted by molar-refractivity contribution is -0.154. The van der Waals surface area contributed by atoms with Crippen LogP contribution in [0.5, 0.6) is 0 Å². The molecule has 0 aliphatic heterocycles. The molecule has 1 heterocycles. The van der Waals surface area contributed by atoms with E-state index in [0.29, 0.717) is 23.3 Å². The monoisotopic (exact) mass is 473 g/mol. The van der Waals surface area contributed by atoms with E-state index in [4.69, 9.17) is 11.2 Å². The van der Waals surface area contributed by atoms with Crippen molar-refractivity contribution in [3.8, 4) is 12.3 Å². The van der Waals surface area contributed by atoms with Gasteiger partial charge < -0.3 is 19.7 Å². The van der Waals surface area contributed by atoms with Crippen LogP contribution in [0.3, 0.4) is 0 Å². The van der Waals surface area contributed by atoms with Crippen LogP contribution in [0, 0.1) is 17.8 Å². The molecule has 0 radical (unpaired) electrons. The average molecular weight is 474 g/mol. The topological polar surface area (TPSA) is 113 Å². The van der Waals surface area contributed by atoms with Gasteiger partial charge in [-0.05, 0) is 81.1 Å². The Hall–Kier alpha value is -4.12. The zero-order chi connectivity index (χ0) is 25.3. The number of hydrogen-bond acceptors (Lipinski definition) is 6. The molecule has 8 nitrogen and oxygen atoms in total. The first-order valence-electron chi connectivity index (χ1n) is 11.3. The Kier molecular flexibility index (Phi) is 6.35. The lowest BCUT2D eigenvalue weighted by Gasteiger charge is -2.30. The largest absolute Gasteiger partial charge is 0.478 e. The fraction of sp³-hybridized carbons (Fsp3) is 0.333. The van der Waals surface area contributed by atoms with E-state index in [2.05, 4.69) is 15.9 Å². The van der Waals surface area contributed by atoms with E-state index in [1.807, 2.05) is 17.0 Å². The first-order valence-corrected chi connectivity index (χ1v) is 11.3. The zero-order valence-corrected chi connectivity index (χ0v) is 19.9. The van der Waals surface area contributed by atoms with Gasteiger partial charge in [-0.15, -0.1) is 6.42 Å². The van der Waals surface area contributed by atoms with E-state index < -0.39 is 11.4 Å². The Labute approximate surface area is 202 Å². The highest BCUT2D eigenvalue weighted by atomic mass is 16.5. The number of benzene rings is 2. The molecule has 4 rings (SSSR count). The highest BCUT2D eigenvalue weighted by Crippen LogP contribution is 2.39. The molecular formula is C27H27N3O5. The van der Waals surface area contributed by atoms with E-state index in [1.54, 1.807) is 45.0 Å². The van der Waals surface area contributed by atoms with Gasteiger partial charge in [-0.3, -0.25) is 9.59 Å². The Morgan fingerprint density at radius 2 is 1.97 bits per heavy atom. The van der Waals surface area contributed by atoms with Crippen LogP contribution < -0.4 is 10.5 Å². The third kappa shape index (κ3) is 4.90. The van der Waals surface area contributed by atoms with Gasteiger partial charge in [-0.25, -0.2) is 9.78 Å². The second kappa shape index (κ2) is 9.26. The number of carboxylic acids is 1. The number of nitrogens with one attached hydrogen (secondary N) is 1. The maximum absolute atomic E-state index is 12.9. The second-order valence-electron chi connectivity index (χ2n) is 9.65. The SMILES string of the molecule is C#CCN(c1ccc(C(=O)O)cc1)[C@H]1CCc2cc3nc(COC(=O)C(C)(C)C)[nH]c(=O)c3cc21. The van der Waals surface area contributed by atoms with E-state index in [1.165, 1.54) is 0 Å². The standard InChI is InChI=1S/C27H27N3O5/c1-5-12-30(18-9-6-16(7-10-18)25(32)33)22-11-8-17-13-21-20(14-19(17)22)24(31)29-23(28-21)15-35-26(34)27(2,3)4/h1,6-7,9-10,13-14,22H,8,11-12,15H2,2-4H3,(H,32,33)(H,28,29,31)/t22-/m0/s1. The van der Waals surface area contributed by atoms with Gasteiger partial charge in [-0.1, -0.05) is 5.92 Å². The van der Waals surface area contributed by atoms with E-state index in [-0.39, 0.29) is 29.7 Å². The number of anilines is 1. The van der Waals surface area contributed by atoms with Crippen molar-refractivity contribution in [1.29, 1.82) is 0 Å². The summed E-state index contributed by atoms with van der Waals surface area (Å²) in [5.41, 5.74) is 2.67. The number of nitrogens with zero attached hydrogens (tertiary/aromatic N) is 2. The molecule has 0 bridgehead atoms. The van der Waals surface area contributed by atoms with Crippen LogP contribution in [-0.4, -0.2) is 33.6 Å². The number of aryl methyl sites for hydroxylation is 1. The summed E-state index contributed by atoms with van der Waals surface area (Å²) in [6.07, 6.45) is 7.23. The Morgan fingerprint density at radius 3 is 2.60 bits per heavy atom. The van der Waals surface area contributed by atoms with Crippen molar-refractivity contribution in [2.75, 3.05) is 11.4 Å². The molecule has 0 saturated carbocycles. The van der Waals surface area contributed by atoms with Gasteiger partial charge >= 0.3 is 11.9 Å². The van der Waals surface area contributed by atoms with Crippen molar-refractivity contribution in [3.63, 3.8) is 0 Å². The fourth-order valence-corrected chi connectivity index (χ4v) is 4.29. The Morgan fingerprint density at radius 1 is 1.26 bits per heavy atom. The molecule has 0 amide bonds. The molecule has 1 aliphatic carbocycles. The van der Waals surface area contributed by atoms with Crippen LogP contribution in [0.2, 0.25) is 0 Å². The van der Waals surface area contributed by atoms with Gasteiger partial charge in [0.05, 0.1) is 34.5 Å². The van der Waals surface area contributed by atoms with Crippen molar-refractivity contribution in [2.24, 2.45) is 5.41 Å². The molecule has 2 N–H and O–H groups in total. The molecule has 0 fully saturated rings. The summed E-state index contributed by atoms with van der Waals surface area (Å²) >= 11 is 0. The van der Waals surface area contributed by atoms with Gasteiger partial charge in [0.1, 0.15) is 12.4 Å². The zero-order valence-electron chi connectivity index (χ0n) is 19.9. The van der Waals surface area contributed by atoms with Gasteiger partial charge in [-0.2, -0.15) is 0 Å². The molecule has 0 spiro atoms. The number of hydrogen-bond donors (Lipinski definition) is 2. The highest BCUT2D eigenvalue weighted by molar-refractivity contribution is 5.88. The summed E-state index contributed by atoms with van der Waals surface area (Å²) in [4.78, 5) is 45.5. The van der Waals surface area contributed by atoms with Crippen LogP contribution >= 0.6 is 0 Å². The maximum Gasteiger partial charge on any atom is 0.335 e. The normalized spacial score (nSPS) is 14.9. The average Bonchev–Trinajstić information content (AvgIpc) is 3.21. The molecule has 1 atom stereocenters. The van der Waals surface area contributed by atoms with Crippen molar-refractivity contribution in [1.82, 2.24) is 9.97 Å². The lowest BCUT2D eigenvalue weighted by Crippen LogP contribution is -2.28. The quantitative estimate of drug-likeness (QED) is 0.413. The van der Waals surface area contributed by atoms with Gasteiger partial charge in [0, 0.05) is 5.69 Å². The minimum absolute atomic E-state index is 0.0621. The molecule has 2 aromatic carbocycles. The third-order valence-corrected chi connectivity index (χ3v) is 6.10. The number of aromatic amines is 1. The van der Waals surface area contributed by atoms with Crippen molar-refractivity contribution in [3.05, 3.63) is 69.3 Å². The van der Waals surface area contributed by atoms with Gasteiger partial charge in [0.25, 0.3) is 5.56 Å². The molecule has 3 aromatic rings. The van der Waals surface area contributed by atoms with E-state index >= 15 is 0 Å². The molecule has 0 unspecified atom stereocenters. The predicted molar refractivity (Wildman–Crippen MR) is 132 cm³/mol. The van der Waals surface area contributed by atoms with E-state index in [9.17, 15) is 19.5 Å². The number of fused-ring (bicyclic) bond motifs is 2. The van der Waals surface area contributed by atoms with Crippen LogP contribution in [0.15, 0.2) is 41.2 Å². The molecule has 8 heteroatoms. The number of H-pyrrole nitrogens is 1. The third-order valence-electron chi connectivity index (χ3n) is 6.10. The number of carbonyl (C=O) groups excluding carboxylic acids is 1. The molecular weight excluding hydrogens is 446 g/mol. The van der Waals surface area contributed by atoms with Gasteiger partial charge in [0.2, 0.25) is 0 Å². The summed E-state index contributed by atoms with van der Waals surface area (Å²) in [6, 6.07) is 10.3. The first kappa shape index (κ1) is 24.0. The molecule has 35 heavy (non-hydrogen) atoms. The van der Waals surface area contributed by atoms with Crippen LogP contribution in [0.25, 0.3) is 10.9 Å². The number of ether oxygens (including phenoxy) is 1. The number of esters is 1. The van der Waals surface area contributed by atoms with Crippen LogP contribution in [0.4, 0.5) is 5.69 Å². The molecule has 180 valence electrons. The van der Waals surface area contributed by atoms with Crippen molar-refractivity contribution in [2.45, 2.75) is 46.3 Å². The lowest BCUT2D eigenvalue weighted by atomic mass is 9.97. The number of carboxylic acid groups (broad SMARTS) is 1. The minimum Gasteiger partial charge on any atom is -0.478 e. The number of rotatable bonds is 6. The van der Waals surface area contributed by atoms with E-state index in [0.717, 1.165) is 29.7 Å². The smallest absolute Gasteiger partial charge is 0.335 e. The van der Waals surface area contributed by atoms with Crippen LogP contribution in [0.1, 0.15) is 60.5 Å². The van der Waals surface area contributed by atoms with Crippen molar-refractivity contribution >= 4 is 28.5 Å².